The molecule has 0 aromatic rings. The Balaban J connectivity index is 3.15. The molecule has 2 heteroatoms. The van der Waals surface area contributed by atoms with Gasteiger partial charge in [0.25, 0.3) is 0 Å². The van der Waals surface area contributed by atoms with Crippen LogP contribution in [-0.2, 0) is 0 Å². The molecule has 22 heavy (non-hydrogen) atoms. The van der Waals surface area contributed by atoms with Crippen molar-refractivity contribution >= 4 is 0 Å². The van der Waals surface area contributed by atoms with Crippen LogP contribution in [0.5, 0.6) is 0 Å². The first-order chi connectivity index (χ1) is 10.5. The highest BCUT2D eigenvalue weighted by Crippen LogP contribution is 2.14. The van der Waals surface area contributed by atoms with Crippen LogP contribution in [0.2, 0.25) is 0 Å². The number of aliphatic hydroxyl groups excluding tert-OH is 1. The van der Waals surface area contributed by atoms with Gasteiger partial charge >= 0.3 is 0 Å². The summed E-state index contributed by atoms with van der Waals surface area (Å²) in [7, 11) is 4.24. The summed E-state index contributed by atoms with van der Waals surface area (Å²) in [6, 6.07) is 0. The van der Waals surface area contributed by atoms with Gasteiger partial charge < -0.3 is 9.59 Å². The Hall–Kier alpha value is -0.0800. The number of aliphatic hydroxyl groups is 1. The fraction of sp³-hybridized carbons (Fsp3) is 1.00. The Morgan fingerprint density at radius 1 is 0.636 bits per heavy atom. The van der Waals surface area contributed by atoms with Crippen LogP contribution in [0.25, 0.3) is 0 Å². The smallest absolute Gasteiger partial charge is 0.187 e. The van der Waals surface area contributed by atoms with Crippen LogP contribution in [0.15, 0.2) is 0 Å². The van der Waals surface area contributed by atoms with Gasteiger partial charge in [0.2, 0.25) is 0 Å². The van der Waals surface area contributed by atoms with E-state index < -0.39 is 0 Å². The summed E-state index contributed by atoms with van der Waals surface area (Å²) in [6.45, 7) is 5.27. The third-order valence-electron chi connectivity index (χ3n) is 5.10. The molecule has 0 heterocycles. The fourth-order valence-corrected chi connectivity index (χ4v) is 2.90. The SMILES string of the molecule is CCCCCCCCCCCCCCCC[N+](C)(C)C(C)O. The van der Waals surface area contributed by atoms with E-state index in [0.717, 1.165) is 11.0 Å². The van der Waals surface area contributed by atoms with Crippen LogP contribution in [0.3, 0.4) is 0 Å². The molecule has 0 aliphatic rings. The Labute approximate surface area is 140 Å². The Morgan fingerprint density at radius 3 is 1.27 bits per heavy atom. The molecule has 0 bridgehead atoms. The number of nitrogens with zero attached hydrogens (tertiary/aromatic N) is 1. The van der Waals surface area contributed by atoms with Gasteiger partial charge in [-0.1, -0.05) is 84.0 Å². The summed E-state index contributed by atoms with van der Waals surface area (Å²) in [6.07, 6.45) is 19.4. The van der Waals surface area contributed by atoms with Crippen LogP contribution in [0, 0.1) is 0 Å². The third kappa shape index (κ3) is 13.6. The number of hydrogen-bond donors (Lipinski definition) is 1. The predicted octanol–water partition coefficient (Wildman–Crippen LogP) is 5.88. The molecule has 0 spiro atoms. The van der Waals surface area contributed by atoms with Crippen LogP contribution in [-0.4, -0.2) is 36.5 Å². The molecule has 0 fully saturated rings. The van der Waals surface area contributed by atoms with Gasteiger partial charge in [0.1, 0.15) is 0 Å². The molecule has 134 valence electrons. The molecule has 0 aliphatic carbocycles. The summed E-state index contributed by atoms with van der Waals surface area (Å²) < 4.78 is 0.734. The van der Waals surface area contributed by atoms with E-state index in [0.29, 0.717) is 0 Å². The summed E-state index contributed by atoms with van der Waals surface area (Å²) >= 11 is 0. The largest absolute Gasteiger partial charge is 0.345 e. The van der Waals surface area contributed by atoms with E-state index in [2.05, 4.69) is 21.0 Å². The highest BCUT2D eigenvalue weighted by molar-refractivity contribution is 4.49. The Morgan fingerprint density at radius 2 is 0.955 bits per heavy atom. The lowest BCUT2D eigenvalue weighted by Crippen LogP contribution is -2.47. The van der Waals surface area contributed by atoms with Gasteiger partial charge in [-0.3, -0.25) is 0 Å². The molecule has 1 unspecified atom stereocenters. The lowest BCUT2D eigenvalue weighted by atomic mass is 10.0. The lowest BCUT2D eigenvalue weighted by molar-refractivity contribution is -0.934. The van der Waals surface area contributed by atoms with Crippen molar-refractivity contribution in [1.29, 1.82) is 0 Å². The second-order valence-electron chi connectivity index (χ2n) is 7.73. The first kappa shape index (κ1) is 21.9. The second kappa shape index (κ2) is 14.5. The highest BCUT2D eigenvalue weighted by atomic mass is 16.3. The molecule has 0 saturated heterocycles. The molecular weight excluding hydrogens is 270 g/mol. The topological polar surface area (TPSA) is 20.2 Å². The van der Waals surface area contributed by atoms with Crippen LogP contribution >= 0.6 is 0 Å². The Bertz CT molecular complexity index is 226. The molecule has 0 aliphatic heterocycles. The second-order valence-corrected chi connectivity index (χ2v) is 7.73. The number of hydrogen-bond acceptors (Lipinski definition) is 1. The molecule has 0 rings (SSSR count). The third-order valence-corrected chi connectivity index (χ3v) is 5.10. The maximum atomic E-state index is 9.66. The molecule has 0 radical (unpaired) electrons. The summed E-state index contributed by atoms with van der Waals surface area (Å²) in [5.41, 5.74) is 0. The van der Waals surface area contributed by atoms with Crippen molar-refractivity contribution in [1.82, 2.24) is 0 Å². The van der Waals surface area contributed by atoms with E-state index in [4.69, 9.17) is 0 Å². The normalized spacial score (nSPS) is 13.5. The number of unbranched alkanes of at least 4 members (excludes halogenated alkanes) is 13. The quantitative estimate of drug-likeness (QED) is 0.214. The summed E-state index contributed by atoms with van der Waals surface area (Å²) in [5, 5.41) is 9.66. The van der Waals surface area contributed by atoms with Crippen molar-refractivity contribution in [2.45, 2.75) is 110 Å². The summed E-state index contributed by atoms with van der Waals surface area (Å²) in [5.74, 6) is 0. The minimum Gasteiger partial charge on any atom is -0.345 e. The van der Waals surface area contributed by atoms with Gasteiger partial charge in [0, 0.05) is 6.92 Å². The maximum Gasteiger partial charge on any atom is 0.187 e. The van der Waals surface area contributed by atoms with Crippen molar-refractivity contribution < 1.29 is 9.59 Å². The zero-order chi connectivity index (χ0) is 16.7. The maximum absolute atomic E-state index is 9.66. The Kier molecular flexibility index (Phi) is 14.5. The average molecular weight is 315 g/mol. The molecule has 2 nitrogen and oxygen atoms in total. The molecule has 1 atom stereocenters. The zero-order valence-corrected chi connectivity index (χ0v) is 16.1. The van der Waals surface area contributed by atoms with Gasteiger partial charge in [-0.2, -0.15) is 0 Å². The van der Waals surface area contributed by atoms with E-state index in [1.165, 1.54) is 89.9 Å². The minimum absolute atomic E-state index is 0.248. The van der Waals surface area contributed by atoms with Crippen LogP contribution in [0.4, 0.5) is 0 Å². The van der Waals surface area contributed by atoms with Crippen molar-refractivity contribution in [2.24, 2.45) is 0 Å². The molecule has 0 amide bonds. The van der Waals surface area contributed by atoms with Gasteiger partial charge in [0.05, 0.1) is 20.6 Å². The fourth-order valence-electron chi connectivity index (χ4n) is 2.90. The molecule has 0 aromatic carbocycles. The van der Waals surface area contributed by atoms with Crippen LogP contribution < -0.4 is 0 Å². The predicted molar refractivity (Wildman–Crippen MR) is 99.0 cm³/mol. The van der Waals surface area contributed by atoms with Crippen molar-refractivity contribution in [3.63, 3.8) is 0 Å². The van der Waals surface area contributed by atoms with E-state index >= 15 is 0 Å². The monoisotopic (exact) mass is 314 g/mol. The lowest BCUT2D eigenvalue weighted by Gasteiger charge is -2.32. The van der Waals surface area contributed by atoms with E-state index in [9.17, 15) is 5.11 Å². The molecule has 1 N–H and O–H groups in total. The van der Waals surface area contributed by atoms with Crippen molar-refractivity contribution in [2.75, 3.05) is 20.6 Å². The first-order valence-electron chi connectivity index (χ1n) is 10.0. The van der Waals surface area contributed by atoms with Gasteiger partial charge in [-0.25, -0.2) is 0 Å². The summed E-state index contributed by atoms with van der Waals surface area (Å²) in [4.78, 5) is 0. The first-order valence-corrected chi connectivity index (χ1v) is 10.0. The molecular formula is C20H44NO+. The molecule has 0 saturated carbocycles. The van der Waals surface area contributed by atoms with Crippen molar-refractivity contribution in [3.05, 3.63) is 0 Å². The van der Waals surface area contributed by atoms with Gasteiger partial charge in [-0.05, 0) is 12.8 Å². The van der Waals surface area contributed by atoms with Crippen LogP contribution in [0.1, 0.15) is 104 Å². The molecule has 0 aromatic heterocycles. The number of quaternary nitrogens is 1. The van der Waals surface area contributed by atoms with Gasteiger partial charge in [-0.15, -0.1) is 0 Å². The number of rotatable bonds is 16. The van der Waals surface area contributed by atoms with E-state index in [1.807, 2.05) is 6.92 Å². The van der Waals surface area contributed by atoms with E-state index in [-0.39, 0.29) is 6.23 Å². The standard InChI is InChI=1S/C20H44NO/c1-5-6-7-8-9-10-11-12-13-14-15-16-17-18-19-21(3,4)20(2)22/h20,22H,5-19H2,1-4H3/q+1. The zero-order valence-electron chi connectivity index (χ0n) is 16.1. The van der Waals surface area contributed by atoms with E-state index in [1.54, 1.807) is 0 Å². The van der Waals surface area contributed by atoms with Gasteiger partial charge in [0.15, 0.2) is 6.23 Å². The average Bonchev–Trinajstić information content (AvgIpc) is 2.47. The minimum atomic E-state index is -0.248. The van der Waals surface area contributed by atoms with Crippen molar-refractivity contribution in [3.8, 4) is 0 Å². The highest BCUT2D eigenvalue weighted by Gasteiger charge is 2.20.